The maximum atomic E-state index is 14.2. The minimum absolute atomic E-state index is 0.120. The Labute approximate surface area is 236 Å². The van der Waals surface area contributed by atoms with Gasteiger partial charge in [0.1, 0.15) is 18.1 Å². The number of hydrogen-bond acceptors (Lipinski definition) is 9. The monoisotopic (exact) mass is 577 g/mol. The number of anilines is 1. The molecular weight excluding hydrogens is 549 g/mol. The summed E-state index contributed by atoms with van der Waals surface area (Å²) in [4.78, 5) is 28.8. The molecule has 1 amide bonds. The summed E-state index contributed by atoms with van der Waals surface area (Å²) in [5.74, 6) is 0.125. The van der Waals surface area contributed by atoms with Crippen molar-refractivity contribution in [3.05, 3.63) is 77.6 Å². The number of hydrogen-bond donors (Lipinski definition) is 1. The van der Waals surface area contributed by atoms with Crippen LogP contribution in [0.4, 0.5) is 10.2 Å². The second kappa shape index (κ2) is 11.1. The molecular formula is C29H28FN5O5S. The van der Waals surface area contributed by atoms with Crippen molar-refractivity contribution in [1.29, 1.82) is 0 Å². The van der Waals surface area contributed by atoms with Crippen LogP contribution in [0.5, 0.6) is 0 Å². The zero-order valence-corrected chi connectivity index (χ0v) is 23.1. The van der Waals surface area contributed by atoms with E-state index < -0.39 is 28.0 Å². The first-order valence-corrected chi connectivity index (χ1v) is 14.8. The summed E-state index contributed by atoms with van der Waals surface area (Å²) in [5.41, 5.74) is 3.35. The lowest BCUT2D eigenvalue weighted by molar-refractivity contribution is 0.0650. The lowest BCUT2D eigenvalue weighted by atomic mass is 10.1. The third-order valence-electron chi connectivity index (χ3n) is 7.30. The number of carbonyl (C=O) groups is 1. The predicted octanol–water partition coefficient (Wildman–Crippen LogP) is 3.10. The molecule has 2 aliphatic heterocycles. The van der Waals surface area contributed by atoms with Crippen LogP contribution in [0, 0.1) is 0 Å². The van der Waals surface area contributed by atoms with Crippen LogP contribution in [-0.4, -0.2) is 74.1 Å². The molecule has 0 saturated carbocycles. The highest BCUT2D eigenvalue weighted by molar-refractivity contribution is 7.91. The molecule has 3 aromatic heterocycles. The van der Waals surface area contributed by atoms with E-state index in [1.165, 1.54) is 13.2 Å². The van der Waals surface area contributed by atoms with E-state index in [4.69, 9.17) is 19.4 Å². The van der Waals surface area contributed by atoms with Gasteiger partial charge in [-0.3, -0.25) is 9.78 Å². The second-order valence-corrected chi connectivity index (χ2v) is 12.1. The lowest BCUT2D eigenvalue weighted by Crippen LogP contribution is -2.24. The number of amides is 1. The molecule has 1 N–H and O–H groups in total. The van der Waals surface area contributed by atoms with E-state index in [2.05, 4.69) is 10.3 Å². The summed E-state index contributed by atoms with van der Waals surface area (Å²) in [6.45, 7) is 1.08. The van der Waals surface area contributed by atoms with E-state index in [1.807, 2.05) is 35.2 Å². The van der Waals surface area contributed by atoms with Gasteiger partial charge in [0, 0.05) is 30.8 Å². The molecule has 2 aliphatic rings. The van der Waals surface area contributed by atoms with Crippen molar-refractivity contribution >= 4 is 32.5 Å². The molecule has 0 radical (unpaired) electrons. The number of aromatic nitrogens is 3. The van der Waals surface area contributed by atoms with Gasteiger partial charge >= 0.3 is 0 Å². The van der Waals surface area contributed by atoms with Crippen molar-refractivity contribution in [3.8, 4) is 11.4 Å². The first kappa shape index (κ1) is 27.2. The van der Waals surface area contributed by atoms with Crippen molar-refractivity contribution in [1.82, 2.24) is 20.3 Å². The van der Waals surface area contributed by atoms with Crippen LogP contribution in [0.15, 0.2) is 65.7 Å². The van der Waals surface area contributed by atoms with Gasteiger partial charge in [0.2, 0.25) is 0 Å². The maximum absolute atomic E-state index is 14.2. The standard InChI is InChI=1S/C29H28FN5O5S/c1-39-26-16-35(15-22(26)30)28-4-2-3-23(34-28)24-8-7-19-13-31-21(12-25(19)33-24)14-32-29(36)18-5-6-20-17-40-9-10-41(37,38)27(20)11-18/h2-8,11-13,22,26H,9-10,14-17H2,1H3,(H,32,36)/t22-,26-/m1/s1. The molecule has 0 aliphatic carbocycles. The van der Waals surface area contributed by atoms with Gasteiger partial charge in [0.25, 0.3) is 5.91 Å². The molecule has 212 valence electrons. The van der Waals surface area contributed by atoms with E-state index in [1.54, 1.807) is 24.4 Å². The Bertz CT molecular complexity index is 1730. The summed E-state index contributed by atoms with van der Waals surface area (Å²) in [7, 11) is -2.01. The largest absolute Gasteiger partial charge is 0.377 e. The molecule has 1 saturated heterocycles. The van der Waals surface area contributed by atoms with Crippen LogP contribution in [0.3, 0.4) is 0 Å². The number of pyridine rings is 3. The highest BCUT2D eigenvalue weighted by Gasteiger charge is 2.33. The van der Waals surface area contributed by atoms with Crippen molar-refractivity contribution in [3.63, 3.8) is 0 Å². The van der Waals surface area contributed by atoms with Gasteiger partial charge in [-0.15, -0.1) is 0 Å². The average Bonchev–Trinajstić information content (AvgIpc) is 3.30. The van der Waals surface area contributed by atoms with Gasteiger partial charge in [0.15, 0.2) is 9.84 Å². The Kier molecular flexibility index (Phi) is 7.37. The van der Waals surface area contributed by atoms with Gasteiger partial charge < -0.3 is 19.7 Å². The lowest BCUT2D eigenvalue weighted by Gasteiger charge is -2.17. The Morgan fingerprint density at radius 2 is 1.98 bits per heavy atom. The molecule has 0 unspecified atom stereocenters. The first-order valence-electron chi connectivity index (χ1n) is 13.2. The molecule has 1 aromatic carbocycles. The van der Waals surface area contributed by atoms with Gasteiger partial charge in [0.05, 0.1) is 59.6 Å². The van der Waals surface area contributed by atoms with Crippen molar-refractivity contribution < 1.29 is 27.1 Å². The summed E-state index contributed by atoms with van der Waals surface area (Å²) >= 11 is 0. The summed E-state index contributed by atoms with van der Waals surface area (Å²) in [5, 5.41) is 3.63. The highest BCUT2D eigenvalue weighted by Crippen LogP contribution is 2.26. The van der Waals surface area contributed by atoms with Gasteiger partial charge in [-0.25, -0.2) is 22.8 Å². The molecule has 12 heteroatoms. The third-order valence-corrected chi connectivity index (χ3v) is 9.06. The Balaban J connectivity index is 1.19. The van der Waals surface area contributed by atoms with Crippen molar-refractivity contribution in [2.75, 3.05) is 37.5 Å². The number of alkyl halides is 1. The van der Waals surface area contributed by atoms with E-state index >= 15 is 0 Å². The molecule has 0 spiro atoms. The number of nitrogens with zero attached hydrogens (tertiary/aromatic N) is 4. The number of methoxy groups -OCH3 is 1. The fourth-order valence-electron chi connectivity index (χ4n) is 5.02. The van der Waals surface area contributed by atoms with Crippen LogP contribution in [0.2, 0.25) is 0 Å². The number of ether oxygens (including phenoxy) is 2. The van der Waals surface area contributed by atoms with E-state index in [9.17, 15) is 17.6 Å². The number of carbonyl (C=O) groups excluding carboxylic acids is 1. The topological polar surface area (TPSA) is 124 Å². The average molecular weight is 578 g/mol. The summed E-state index contributed by atoms with van der Waals surface area (Å²) < 4.78 is 49.9. The van der Waals surface area contributed by atoms with Crippen LogP contribution in [0.1, 0.15) is 21.6 Å². The molecule has 4 aromatic rings. The zero-order chi connectivity index (χ0) is 28.6. The van der Waals surface area contributed by atoms with Crippen LogP contribution >= 0.6 is 0 Å². The molecule has 6 rings (SSSR count). The highest BCUT2D eigenvalue weighted by atomic mass is 32.2. The number of halogens is 1. The molecule has 10 nitrogen and oxygen atoms in total. The molecule has 0 bridgehead atoms. The second-order valence-electron chi connectivity index (χ2n) is 10.0. The maximum Gasteiger partial charge on any atom is 0.251 e. The molecule has 2 atom stereocenters. The Hall–Kier alpha value is -4.00. The van der Waals surface area contributed by atoms with E-state index in [-0.39, 0.29) is 42.5 Å². The molecule has 41 heavy (non-hydrogen) atoms. The number of nitrogens with one attached hydrogen (secondary N) is 1. The number of fused-ring (bicyclic) bond motifs is 2. The van der Waals surface area contributed by atoms with Crippen LogP contribution in [-0.2, 0) is 32.5 Å². The number of rotatable bonds is 6. The molecule has 5 heterocycles. The smallest absolute Gasteiger partial charge is 0.251 e. The van der Waals surface area contributed by atoms with Crippen molar-refractivity contribution in [2.45, 2.75) is 30.3 Å². The SMILES string of the molecule is CO[C@@H]1CN(c2cccc(-c3ccc4cnc(CNC(=O)c5ccc6c(c5)S(=O)(=O)CCOC6)cc4n3)n2)C[C@H]1F. The first-order chi connectivity index (χ1) is 19.8. The van der Waals surface area contributed by atoms with Crippen LogP contribution < -0.4 is 10.2 Å². The fourth-order valence-corrected chi connectivity index (χ4v) is 6.41. The zero-order valence-electron chi connectivity index (χ0n) is 22.3. The van der Waals surface area contributed by atoms with Gasteiger partial charge in [-0.1, -0.05) is 12.1 Å². The Morgan fingerprint density at radius 3 is 2.80 bits per heavy atom. The number of sulfone groups is 1. The fraction of sp³-hybridized carbons (Fsp3) is 0.310. The van der Waals surface area contributed by atoms with Gasteiger partial charge in [-0.05, 0) is 48.0 Å². The van der Waals surface area contributed by atoms with Crippen LogP contribution in [0.25, 0.3) is 22.3 Å². The summed E-state index contributed by atoms with van der Waals surface area (Å²) in [6, 6.07) is 15.7. The number of benzene rings is 1. The molecule has 1 fully saturated rings. The Morgan fingerprint density at radius 1 is 1.12 bits per heavy atom. The normalized spacial score (nSPS) is 20.0. The van der Waals surface area contributed by atoms with E-state index in [0.717, 1.165) is 5.39 Å². The minimum Gasteiger partial charge on any atom is -0.377 e. The third kappa shape index (κ3) is 5.63. The van der Waals surface area contributed by atoms with Crippen molar-refractivity contribution in [2.24, 2.45) is 0 Å². The van der Waals surface area contributed by atoms with Gasteiger partial charge in [-0.2, -0.15) is 0 Å². The predicted molar refractivity (Wildman–Crippen MR) is 150 cm³/mol. The summed E-state index contributed by atoms with van der Waals surface area (Å²) in [6.07, 6.45) is 0.128. The minimum atomic E-state index is -3.52. The van der Waals surface area contributed by atoms with E-state index in [0.29, 0.717) is 40.5 Å². The quantitative estimate of drug-likeness (QED) is 0.368.